The van der Waals surface area contributed by atoms with Crippen molar-refractivity contribution in [3.63, 3.8) is 0 Å². The van der Waals surface area contributed by atoms with E-state index in [0.29, 0.717) is 45.6 Å². The van der Waals surface area contributed by atoms with Crippen LogP contribution in [0, 0.1) is 24.1 Å². The van der Waals surface area contributed by atoms with E-state index in [1.165, 1.54) is 24.0 Å². The first-order chi connectivity index (χ1) is 18.3. The Kier molecular flexibility index (Phi) is 5.87. The second-order valence-electron chi connectivity index (χ2n) is 9.89. The summed E-state index contributed by atoms with van der Waals surface area (Å²) in [5, 5.41) is 3.54. The fourth-order valence-corrected chi connectivity index (χ4v) is 7.02. The van der Waals surface area contributed by atoms with Gasteiger partial charge in [0.25, 0.3) is 0 Å². The van der Waals surface area contributed by atoms with Gasteiger partial charge in [-0.3, -0.25) is 9.79 Å². The lowest BCUT2D eigenvalue weighted by Gasteiger charge is -2.35. The SMILES string of the molecule is C#CCOc1cnc2c(Nc3ccc(F)c([C@]4(C)N=C(N)S[C@@]5(C(=O)N6CCCC6)C[C@@H]45)c3)nccc2n1. The topological polar surface area (TPSA) is 119 Å². The van der Waals surface area contributed by atoms with E-state index >= 15 is 4.39 Å². The maximum atomic E-state index is 15.4. The van der Waals surface area contributed by atoms with Crippen LogP contribution in [-0.4, -0.2) is 55.4 Å². The molecule has 1 aliphatic carbocycles. The Hall–Kier alpha value is -3.91. The van der Waals surface area contributed by atoms with E-state index in [4.69, 9.17) is 21.9 Å². The summed E-state index contributed by atoms with van der Waals surface area (Å²) in [6, 6.07) is 6.45. The van der Waals surface area contributed by atoms with Crippen LogP contribution >= 0.6 is 11.8 Å². The normalized spacial score (nSPS) is 25.9. The number of nitrogens with zero attached hydrogens (tertiary/aromatic N) is 5. The van der Waals surface area contributed by atoms with Crippen LogP contribution in [0.4, 0.5) is 15.9 Å². The van der Waals surface area contributed by atoms with Gasteiger partial charge in [-0.2, -0.15) is 0 Å². The number of ether oxygens (including phenoxy) is 1. The van der Waals surface area contributed by atoms with Crippen LogP contribution in [0.25, 0.3) is 11.0 Å². The molecule has 3 aromatic rings. The molecule has 1 saturated carbocycles. The summed E-state index contributed by atoms with van der Waals surface area (Å²) in [5.41, 5.74) is 7.34. The van der Waals surface area contributed by atoms with E-state index in [-0.39, 0.29) is 18.4 Å². The number of hydrogen-bond acceptors (Lipinski definition) is 9. The van der Waals surface area contributed by atoms with Crippen molar-refractivity contribution >= 4 is 45.4 Å². The molecule has 194 valence electrons. The van der Waals surface area contributed by atoms with Gasteiger partial charge in [0.1, 0.15) is 16.1 Å². The number of benzene rings is 1. The molecule has 11 heteroatoms. The number of aromatic nitrogens is 3. The first-order valence-electron chi connectivity index (χ1n) is 12.4. The third-order valence-electron chi connectivity index (χ3n) is 7.49. The Labute approximate surface area is 223 Å². The third kappa shape index (κ3) is 4.00. The van der Waals surface area contributed by atoms with Crippen molar-refractivity contribution in [2.24, 2.45) is 16.6 Å². The number of rotatable bonds is 6. The molecule has 2 aromatic heterocycles. The second kappa shape index (κ2) is 9.13. The van der Waals surface area contributed by atoms with Crippen molar-refractivity contribution in [1.82, 2.24) is 19.9 Å². The number of carbonyl (C=O) groups excluding carboxylic acids is 1. The van der Waals surface area contributed by atoms with Crippen molar-refractivity contribution in [3.05, 3.63) is 48.0 Å². The highest BCUT2D eigenvalue weighted by atomic mass is 32.2. The van der Waals surface area contributed by atoms with E-state index in [2.05, 4.69) is 26.2 Å². The minimum atomic E-state index is -0.984. The number of nitrogens with two attached hydrogens (primary N) is 1. The van der Waals surface area contributed by atoms with Crippen LogP contribution in [0.3, 0.4) is 0 Å². The van der Waals surface area contributed by atoms with Gasteiger partial charge in [0.05, 0.1) is 17.3 Å². The van der Waals surface area contributed by atoms with Crippen molar-refractivity contribution < 1.29 is 13.9 Å². The summed E-state index contributed by atoms with van der Waals surface area (Å²) in [7, 11) is 0. The van der Waals surface area contributed by atoms with Gasteiger partial charge < -0.3 is 20.7 Å². The molecule has 0 bridgehead atoms. The lowest BCUT2D eigenvalue weighted by atomic mass is 9.85. The minimum absolute atomic E-state index is 0.0882. The summed E-state index contributed by atoms with van der Waals surface area (Å²) in [4.78, 5) is 33.4. The lowest BCUT2D eigenvalue weighted by Crippen LogP contribution is -2.45. The van der Waals surface area contributed by atoms with Gasteiger partial charge >= 0.3 is 0 Å². The fourth-order valence-electron chi connectivity index (χ4n) is 5.57. The molecule has 0 spiro atoms. The van der Waals surface area contributed by atoms with Crippen LogP contribution in [0.2, 0.25) is 0 Å². The van der Waals surface area contributed by atoms with Gasteiger partial charge in [-0.25, -0.2) is 19.3 Å². The number of likely N-dealkylation sites (tertiary alicyclic amines) is 1. The summed E-state index contributed by atoms with van der Waals surface area (Å²) in [6.07, 6.45) is 10.9. The van der Waals surface area contributed by atoms with E-state index in [9.17, 15) is 4.79 Å². The van der Waals surface area contributed by atoms with Crippen LogP contribution < -0.4 is 15.8 Å². The van der Waals surface area contributed by atoms with Crippen LogP contribution in [0.1, 0.15) is 31.7 Å². The summed E-state index contributed by atoms with van der Waals surface area (Å²) in [5.74, 6) is 2.68. The van der Waals surface area contributed by atoms with Gasteiger partial charge in [-0.05, 0) is 50.5 Å². The number of fused-ring (bicyclic) bond motifs is 2. The Morgan fingerprint density at radius 2 is 2.16 bits per heavy atom. The predicted octanol–water partition coefficient (Wildman–Crippen LogP) is 3.58. The molecule has 2 fully saturated rings. The summed E-state index contributed by atoms with van der Waals surface area (Å²) >= 11 is 1.33. The van der Waals surface area contributed by atoms with E-state index < -0.39 is 16.1 Å². The first kappa shape index (κ1) is 24.4. The Morgan fingerprint density at radius 1 is 1.34 bits per heavy atom. The lowest BCUT2D eigenvalue weighted by molar-refractivity contribution is -0.130. The quantitative estimate of drug-likeness (QED) is 0.464. The Balaban J connectivity index is 1.32. The molecule has 9 nitrogen and oxygen atoms in total. The van der Waals surface area contributed by atoms with Crippen molar-refractivity contribution in [3.8, 4) is 18.2 Å². The third-order valence-corrected chi connectivity index (χ3v) is 8.78. The molecular formula is C27H26FN7O2S. The van der Waals surface area contributed by atoms with Crippen molar-refractivity contribution in [2.45, 2.75) is 36.5 Å². The molecule has 0 unspecified atom stereocenters. The zero-order valence-corrected chi connectivity index (χ0v) is 21.6. The van der Waals surface area contributed by atoms with E-state index in [1.54, 1.807) is 24.4 Å². The highest BCUT2D eigenvalue weighted by Gasteiger charge is 2.71. The molecule has 1 amide bonds. The molecule has 0 radical (unpaired) electrons. The first-order valence-corrected chi connectivity index (χ1v) is 13.2. The zero-order chi connectivity index (χ0) is 26.5. The van der Waals surface area contributed by atoms with Crippen molar-refractivity contribution in [2.75, 3.05) is 25.0 Å². The van der Waals surface area contributed by atoms with Gasteiger partial charge in [-0.15, -0.1) is 6.42 Å². The molecule has 1 aromatic carbocycles. The number of amides is 1. The smallest absolute Gasteiger partial charge is 0.239 e. The standard InChI is InChI=1S/C27H26FN7O2S/c1-3-12-37-21-15-31-22-19(33-21)8-9-30-23(22)32-16-6-7-18(28)17(13-16)26(2)20-14-27(20,38-25(29)34-26)24(36)35-10-4-5-11-35/h1,6-9,13,15,20H,4-5,10-12,14H2,2H3,(H2,29,34)(H,30,32)/t20-,26-,27-/m0/s1. The number of nitrogens with one attached hydrogen (secondary N) is 1. The number of terminal acetylenes is 1. The molecule has 3 N–H and O–H groups in total. The average molecular weight is 532 g/mol. The maximum absolute atomic E-state index is 15.4. The Bertz CT molecular complexity index is 1520. The Morgan fingerprint density at radius 3 is 2.95 bits per heavy atom. The zero-order valence-electron chi connectivity index (χ0n) is 20.8. The molecule has 3 aliphatic rings. The fraction of sp³-hybridized carbons (Fsp3) is 0.370. The number of thioether (sulfide) groups is 1. The number of halogens is 1. The summed E-state index contributed by atoms with van der Waals surface area (Å²) < 4.78 is 20.1. The van der Waals surface area contributed by atoms with Gasteiger partial charge in [0.2, 0.25) is 11.8 Å². The van der Waals surface area contributed by atoms with Crippen LogP contribution in [-0.2, 0) is 10.3 Å². The number of carbonyl (C=O) groups is 1. The molecule has 38 heavy (non-hydrogen) atoms. The predicted molar refractivity (Wildman–Crippen MR) is 145 cm³/mol. The van der Waals surface area contributed by atoms with Gasteiger partial charge in [-0.1, -0.05) is 17.7 Å². The molecule has 3 atom stereocenters. The second-order valence-corrected chi connectivity index (χ2v) is 11.2. The number of pyridine rings is 1. The largest absolute Gasteiger partial charge is 0.463 e. The highest BCUT2D eigenvalue weighted by Crippen LogP contribution is 2.66. The van der Waals surface area contributed by atoms with E-state index in [0.717, 1.165) is 25.9 Å². The number of aliphatic imine (C=N–C) groups is 1. The molecule has 2 aliphatic heterocycles. The van der Waals surface area contributed by atoms with Gasteiger partial charge in [0, 0.05) is 36.5 Å². The summed E-state index contributed by atoms with van der Waals surface area (Å²) in [6.45, 7) is 3.47. The monoisotopic (exact) mass is 531 g/mol. The van der Waals surface area contributed by atoms with Crippen LogP contribution in [0.5, 0.6) is 5.88 Å². The van der Waals surface area contributed by atoms with Crippen LogP contribution in [0.15, 0.2) is 41.7 Å². The molecule has 6 rings (SSSR count). The molecule has 4 heterocycles. The number of anilines is 2. The van der Waals surface area contributed by atoms with Crippen molar-refractivity contribution in [1.29, 1.82) is 0 Å². The van der Waals surface area contributed by atoms with E-state index in [1.807, 2.05) is 11.8 Å². The van der Waals surface area contributed by atoms with Gasteiger partial charge in [0.15, 0.2) is 17.6 Å². The maximum Gasteiger partial charge on any atom is 0.239 e. The molecule has 1 saturated heterocycles. The molecular weight excluding hydrogens is 505 g/mol. The highest BCUT2D eigenvalue weighted by molar-refractivity contribution is 8.15. The average Bonchev–Trinajstić information content (AvgIpc) is 3.41. The number of hydrogen-bond donors (Lipinski definition) is 2. The minimum Gasteiger partial charge on any atom is -0.463 e. The number of amidine groups is 1.